The van der Waals surface area contributed by atoms with Gasteiger partial charge in [0, 0.05) is 5.56 Å². The van der Waals surface area contributed by atoms with Gasteiger partial charge in [0.05, 0.1) is 6.54 Å². The van der Waals surface area contributed by atoms with Gasteiger partial charge in [0.25, 0.3) is 5.91 Å². The van der Waals surface area contributed by atoms with E-state index in [9.17, 15) is 14.4 Å². The Hall–Kier alpha value is -2.77. The fraction of sp³-hybridized carbons (Fsp3) is 0.357. The number of carboxylic acid groups (broad SMARTS) is 1. The third kappa shape index (κ3) is 3.66. The third-order valence-electron chi connectivity index (χ3n) is 3.09. The van der Waals surface area contributed by atoms with Crippen LogP contribution in [0, 0.1) is 0 Å². The molecule has 0 aromatic heterocycles. The minimum atomic E-state index is -1.11. The van der Waals surface area contributed by atoms with Gasteiger partial charge in [-0.3, -0.25) is 9.59 Å². The number of amides is 2. The fourth-order valence-corrected chi connectivity index (χ4v) is 1.88. The van der Waals surface area contributed by atoms with Gasteiger partial charge in [0.15, 0.2) is 11.5 Å². The number of carboxylic acids is 1. The van der Waals surface area contributed by atoms with Crippen LogP contribution in [-0.2, 0) is 9.59 Å². The van der Waals surface area contributed by atoms with Gasteiger partial charge in [-0.05, 0) is 24.6 Å². The molecule has 118 valence electrons. The zero-order chi connectivity index (χ0) is 16.1. The van der Waals surface area contributed by atoms with Gasteiger partial charge in [-0.15, -0.1) is 0 Å². The molecule has 0 saturated heterocycles. The van der Waals surface area contributed by atoms with Crippen LogP contribution in [0.2, 0.25) is 0 Å². The van der Waals surface area contributed by atoms with Crippen LogP contribution in [0.1, 0.15) is 23.7 Å². The van der Waals surface area contributed by atoms with E-state index in [4.69, 9.17) is 14.6 Å². The molecule has 3 N–H and O–H groups in total. The van der Waals surface area contributed by atoms with Crippen LogP contribution in [0.5, 0.6) is 11.5 Å². The molecule has 1 aromatic rings. The number of hydrogen-bond acceptors (Lipinski definition) is 5. The zero-order valence-corrected chi connectivity index (χ0v) is 11.9. The number of aliphatic carboxylic acids is 1. The highest BCUT2D eigenvalue weighted by molar-refractivity contribution is 5.97. The summed E-state index contributed by atoms with van der Waals surface area (Å²) in [6.07, 6.45) is 0.261. The van der Waals surface area contributed by atoms with Crippen molar-refractivity contribution in [3.63, 3.8) is 0 Å². The van der Waals surface area contributed by atoms with E-state index < -0.39 is 23.8 Å². The Morgan fingerprint density at radius 3 is 2.68 bits per heavy atom. The summed E-state index contributed by atoms with van der Waals surface area (Å²) in [7, 11) is 0. The molecular formula is C14H16N2O6. The van der Waals surface area contributed by atoms with E-state index in [0.29, 0.717) is 17.1 Å². The Balaban J connectivity index is 1.87. The summed E-state index contributed by atoms with van der Waals surface area (Å²) in [6.45, 7) is 1.44. The van der Waals surface area contributed by atoms with E-state index in [0.717, 1.165) is 0 Å². The van der Waals surface area contributed by atoms with Crippen molar-refractivity contribution in [1.82, 2.24) is 10.6 Å². The molecule has 0 spiro atoms. The molecule has 1 aromatic carbocycles. The lowest BCUT2D eigenvalue weighted by atomic mass is 10.2. The van der Waals surface area contributed by atoms with E-state index in [1.54, 1.807) is 19.1 Å². The van der Waals surface area contributed by atoms with Crippen molar-refractivity contribution in [3.8, 4) is 11.5 Å². The molecular weight excluding hydrogens is 292 g/mol. The summed E-state index contributed by atoms with van der Waals surface area (Å²) in [5.74, 6) is -1.12. The monoisotopic (exact) mass is 308 g/mol. The summed E-state index contributed by atoms with van der Waals surface area (Å²) in [6, 6.07) is 3.71. The van der Waals surface area contributed by atoms with Gasteiger partial charge in [-0.1, -0.05) is 6.92 Å². The lowest BCUT2D eigenvalue weighted by Crippen LogP contribution is -2.45. The quantitative estimate of drug-likeness (QED) is 0.688. The number of benzene rings is 1. The minimum Gasteiger partial charge on any atom is -0.480 e. The van der Waals surface area contributed by atoms with Gasteiger partial charge in [-0.25, -0.2) is 4.79 Å². The molecule has 8 nitrogen and oxygen atoms in total. The lowest BCUT2D eigenvalue weighted by Gasteiger charge is -2.12. The lowest BCUT2D eigenvalue weighted by molar-refractivity contribution is -0.141. The van der Waals surface area contributed by atoms with Gasteiger partial charge in [-0.2, -0.15) is 0 Å². The minimum absolute atomic E-state index is 0.108. The first-order valence-corrected chi connectivity index (χ1v) is 6.71. The first-order valence-electron chi connectivity index (χ1n) is 6.71. The van der Waals surface area contributed by atoms with E-state index in [1.165, 1.54) is 6.07 Å². The maximum atomic E-state index is 11.9. The molecule has 22 heavy (non-hydrogen) atoms. The van der Waals surface area contributed by atoms with Crippen LogP contribution < -0.4 is 20.1 Å². The second-order valence-corrected chi connectivity index (χ2v) is 4.62. The molecule has 0 bridgehead atoms. The van der Waals surface area contributed by atoms with Crippen LogP contribution >= 0.6 is 0 Å². The largest absolute Gasteiger partial charge is 0.480 e. The Kier molecular flexibility index (Phi) is 4.82. The summed E-state index contributed by atoms with van der Waals surface area (Å²) in [5.41, 5.74) is 0.322. The topological polar surface area (TPSA) is 114 Å². The highest BCUT2D eigenvalue weighted by Crippen LogP contribution is 2.32. The van der Waals surface area contributed by atoms with Crippen molar-refractivity contribution in [1.29, 1.82) is 0 Å². The van der Waals surface area contributed by atoms with Crippen LogP contribution in [0.3, 0.4) is 0 Å². The molecule has 0 aliphatic carbocycles. The molecule has 1 aliphatic rings. The number of carbonyl (C=O) groups excluding carboxylic acids is 2. The first kappa shape index (κ1) is 15.6. The highest BCUT2D eigenvalue weighted by atomic mass is 16.7. The van der Waals surface area contributed by atoms with Gasteiger partial charge in [0.1, 0.15) is 6.04 Å². The Morgan fingerprint density at radius 1 is 1.27 bits per heavy atom. The van der Waals surface area contributed by atoms with Crippen molar-refractivity contribution >= 4 is 17.8 Å². The molecule has 2 amide bonds. The number of rotatable bonds is 6. The predicted octanol–water partition coefficient (Wildman–Crippen LogP) is 0.124. The Labute approximate surface area is 126 Å². The summed E-state index contributed by atoms with van der Waals surface area (Å²) < 4.78 is 10.3. The Morgan fingerprint density at radius 2 is 2.00 bits per heavy atom. The van der Waals surface area contributed by atoms with Crippen molar-refractivity contribution in [3.05, 3.63) is 23.8 Å². The zero-order valence-electron chi connectivity index (χ0n) is 11.9. The number of carbonyl (C=O) groups is 3. The van der Waals surface area contributed by atoms with Crippen molar-refractivity contribution in [2.45, 2.75) is 19.4 Å². The van der Waals surface area contributed by atoms with E-state index in [1.807, 2.05) is 0 Å². The summed E-state index contributed by atoms with van der Waals surface area (Å²) in [5, 5.41) is 13.6. The first-order chi connectivity index (χ1) is 10.5. The van der Waals surface area contributed by atoms with Gasteiger partial charge in [0.2, 0.25) is 12.7 Å². The average molecular weight is 308 g/mol. The van der Waals surface area contributed by atoms with Gasteiger partial charge >= 0.3 is 5.97 Å². The molecule has 8 heteroatoms. The Bertz CT molecular complexity index is 601. The van der Waals surface area contributed by atoms with Crippen LogP contribution in [0.25, 0.3) is 0 Å². The SMILES string of the molecule is CCC(NC(=O)CNC(=O)c1ccc2c(c1)OCO2)C(=O)O. The average Bonchev–Trinajstić information content (AvgIpc) is 2.97. The fourth-order valence-electron chi connectivity index (χ4n) is 1.88. The summed E-state index contributed by atoms with van der Waals surface area (Å²) in [4.78, 5) is 34.3. The smallest absolute Gasteiger partial charge is 0.326 e. The number of nitrogens with one attached hydrogen (secondary N) is 2. The van der Waals surface area contributed by atoms with Crippen molar-refractivity contribution in [2.75, 3.05) is 13.3 Å². The maximum absolute atomic E-state index is 11.9. The molecule has 0 fully saturated rings. The third-order valence-corrected chi connectivity index (χ3v) is 3.09. The van der Waals surface area contributed by atoms with Crippen molar-refractivity contribution in [2.24, 2.45) is 0 Å². The molecule has 1 heterocycles. The normalized spacial score (nSPS) is 13.3. The molecule has 0 saturated carbocycles. The maximum Gasteiger partial charge on any atom is 0.326 e. The second-order valence-electron chi connectivity index (χ2n) is 4.62. The van der Waals surface area contributed by atoms with E-state index >= 15 is 0 Å². The molecule has 1 aliphatic heterocycles. The molecule has 0 radical (unpaired) electrons. The predicted molar refractivity (Wildman–Crippen MR) is 74.8 cm³/mol. The summed E-state index contributed by atoms with van der Waals surface area (Å²) >= 11 is 0. The number of fused-ring (bicyclic) bond motifs is 1. The molecule has 1 atom stereocenters. The van der Waals surface area contributed by atoms with Crippen molar-refractivity contribution < 1.29 is 29.0 Å². The van der Waals surface area contributed by atoms with Crippen LogP contribution in [0.4, 0.5) is 0 Å². The molecule has 2 rings (SSSR count). The second kappa shape index (κ2) is 6.79. The van der Waals surface area contributed by atoms with Gasteiger partial charge < -0.3 is 25.2 Å². The highest BCUT2D eigenvalue weighted by Gasteiger charge is 2.19. The standard InChI is InChI=1S/C14H16N2O6/c1-2-9(14(19)20)16-12(17)6-15-13(18)8-3-4-10-11(5-8)22-7-21-10/h3-5,9H,2,6-7H2,1H3,(H,15,18)(H,16,17)(H,19,20). The molecule has 1 unspecified atom stereocenters. The van der Waals surface area contributed by atoms with E-state index in [2.05, 4.69) is 10.6 Å². The number of ether oxygens (including phenoxy) is 2. The van der Waals surface area contributed by atoms with E-state index in [-0.39, 0.29) is 19.8 Å². The van der Waals surface area contributed by atoms with Crippen LogP contribution in [0.15, 0.2) is 18.2 Å². The van der Waals surface area contributed by atoms with Crippen LogP contribution in [-0.4, -0.2) is 42.3 Å². The number of hydrogen-bond donors (Lipinski definition) is 3.